The van der Waals surface area contributed by atoms with Gasteiger partial charge in [-0.1, -0.05) is 52.5 Å². The van der Waals surface area contributed by atoms with Crippen molar-refractivity contribution in [1.29, 1.82) is 0 Å². The van der Waals surface area contributed by atoms with Gasteiger partial charge in [-0.05, 0) is 133 Å². The lowest BCUT2D eigenvalue weighted by atomic mass is 9.72. The molecule has 10 aromatic rings. The van der Waals surface area contributed by atoms with Crippen LogP contribution < -0.4 is 30.1 Å². The predicted molar refractivity (Wildman–Crippen MR) is 359 cm³/mol. The maximum atomic E-state index is 11.6. The third kappa shape index (κ3) is 12.9. The molecule has 0 radical (unpaired) electrons. The zero-order valence-electron chi connectivity index (χ0n) is 50.3. The number of rotatable bonds is 6. The average molecular weight is 1320 g/mol. The Kier molecular flexibility index (Phi) is 17.0. The Labute approximate surface area is 541 Å². The zero-order chi connectivity index (χ0) is 62.6. The number of carbonyl (C=O) groups excluding carboxylic acids is 2. The minimum absolute atomic E-state index is 0.0475. The van der Waals surface area contributed by atoms with E-state index < -0.39 is 10.2 Å². The highest BCUT2D eigenvalue weighted by atomic mass is 35.5. The normalized spacial score (nSPS) is 17.8. The van der Waals surface area contributed by atoms with Crippen LogP contribution in [0.3, 0.4) is 0 Å². The lowest BCUT2D eigenvalue weighted by Crippen LogP contribution is -2.61. The van der Waals surface area contributed by atoms with Gasteiger partial charge in [0.1, 0.15) is 0 Å². The molecule has 21 nitrogen and oxygen atoms in total. The van der Waals surface area contributed by atoms with E-state index in [4.69, 9.17) is 51.5 Å². The molecule has 11 heterocycles. The van der Waals surface area contributed by atoms with E-state index in [1.54, 1.807) is 6.92 Å². The number of nitrogens with one attached hydrogen (secondary N) is 5. The molecule has 26 heteroatoms. The molecule has 0 aliphatic carbocycles. The number of nitrogens with two attached hydrogens (primary N) is 1. The van der Waals surface area contributed by atoms with Crippen molar-refractivity contribution in [2.24, 2.45) is 23.0 Å². The van der Waals surface area contributed by atoms with Crippen LogP contribution in [0.4, 0.5) is 28.4 Å². The summed E-state index contributed by atoms with van der Waals surface area (Å²) in [7, 11) is -1.50. The lowest BCUT2D eigenvalue weighted by molar-refractivity contribution is -0.142. The molecular formula is C64H71Cl4N17O4S. The highest BCUT2D eigenvalue weighted by Gasteiger charge is 2.46. The Hall–Kier alpha value is -7.57. The number of carbonyl (C=O) groups is 2. The van der Waals surface area contributed by atoms with Crippen molar-refractivity contribution in [2.75, 3.05) is 90.4 Å². The number of likely N-dealkylation sites (tertiary alicyclic amines) is 1. The minimum atomic E-state index is -3.58. The first-order valence-electron chi connectivity index (χ1n) is 30.3. The third-order valence-electron chi connectivity index (χ3n) is 19.0. The van der Waals surface area contributed by atoms with Gasteiger partial charge in [0.05, 0.1) is 46.9 Å². The number of piperidine rings is 2. The molecule has 470 valence electrons. The number of fused-ring (bicyclic) bond motifs is 6. The number of amides is 2. The predicted octanol–water partition coefficient (Wildman–Crippen LogP) is 11.2. The van der Waals surface area contributed by atoms with Gasteiger partial charge in [-0.2, -0.15) is 33.1 Å². The number of nitrogens with zero attached hydrogens (tertiary/aromatic N) is 11. The van der Waals surface area contributed by atoms with Crippen molar-refractivity contribution in [3.63, 3.8) is 0 Å². The van der Waals surface area contributed by atoms with E-state index in [0.29, 0.717) is 28.5 Å². The topological polar surface area (TPSA) is 245 Å². The molecule has 7 N–H and O–H groups in total. The second-order valence-corrected chi connectivity index (χ2v) is 28.3. The molecule has 0 saturated carbocycles. The van der Waals surface area contributed by atoms with Gasteiger partial charge < -0.3 is 34.4 Å². The van der Waals surface area contributed by atoms with E-state index in [0.717, 1.165) is 192 Å². The number of hydrogen-bond donors (Lipinski definition) is 6. The van der Waals surface area contributed by atoms with Gasteiger partial charge in [-0.3, -0.25) is 30.0 Å². The average Bonchev–Trinajstić information content (AvgIpc) is 1.95. The van der Waals surface area contributed by atoms with Crippen molar-refractivity contribution >= 4 is 140 Å². The second kappa shape index (κ2) is 24.9. The molecule has 2 spiro atoms. The van der Waals surface area contributed by atoms with Crippen LogP contribution in [-0.4, -0.2) is 140 Å². The molecule has 0 atom stereocenters. The van der Waals surface area contributed by atoms with Gasteiger partial charge in [-0.25, -0.2) is 5.14 Å². The maximum Gasteiger partial charge on any atom is 0.276 e. The molecule has 5 aromatic heterocycles. The first-order valence-corrected chi connectivity index (χ1v) is 33.3. The van der Waals surface area contributed by atoms with Crippen LogP contribution in [-0.2, 0) is 52.8 Å². The van der Waals surface area contributed by atoms with Crippen LogP contribution in [0.25, 0.3) is 43.6 Å². The van der Waals surface area contributed by atoms with Gasteiger partial charge in [-0.15, -0.1) is 0 Å². The monoisotopic (exact) mass is 1310 g/mol. The van der Waals surface area contributed by atoms with Gasteiger partial charge >= 0.3 is 0 Å². The molecule has 6 aliphatic rings. The third-order valence-corrected chi connectivity index (χ3v) is 20.9. The smallest absolute Gasteiger partial charge is 0.276 e. The Morgan fingerprint density at radius 1 is 0.511 bits per heavy atom. The van der Waals surface area contributed by atoms with Crippen LogP contribution in [0, 0.1) is 10.8 Å². The van der Waals surface area contributed by atoms with E-state index in [9.17, 15) is 18.0 Å². The molecule has 16 rings (SSSR count). The number of halogens is 4. The standard InChI is InChI=1S/C18H17ClN4O.C16H19ClN4O.C15H20ClN5O2S.C15H15ClN4/c1-11(24)21-15-3-2-13-10-23(5-4-12(13)6-15)18-8-14(19)7-17-16(18)9-20-22-17;1-11(22)21-9-16(10-21)2-4-20(5-3-16)15-7-12(17)6-14-13(15)8-18-19-14;16-11-7-13-12(9-18-19-13)14(8-11)20-4-1-15(2-5-20)3-6-21(10-15)24(17,22)23;1-19-7-10-2-3-20(9-11(10)8-19)15-5-12(16)4-14-13(15)6-17-18-14/h2-3,6-9H,4-5,10H2,1H3,(H,20,22)(H,21,24);6-8H,2-5,9-10H2,1H3,(H,18,19);7-9H,1-6,10H2,(H,18,19)(H2,17,22,23);4-8H,2-3,9H2,1H3,(H,17,18). The summed E-state index contributed by atoms with van der Waals surface area (Å²) in [5.41, 5.74) is 15.0. The summed E-state index contributed by atoms with van der Waals surface area (Å²) in [4.78, 5) is 34.0. The van der Waals surface area contributed by atoms with Crippen molar-refractivity contribution < 1.29 is 18.0 Å². The molecule has 90 heavy (non-hydrogen) atoms. The van der Waals surface area contributed by atoms with Crippen LogP contribution in [0.15, 0.2) is 104 Å². The fourth-order valence-corrected chi connectivity index (χ4v) is 15.8. The van der Waals surface area contributed by atoms with Gasteiger partial charge in [0.25, 0.3) is 10.2 Å². The number of aromatic nitrogens is 9. The van der Waals surface area contributed by atoms with E-state index in [1.807, 2.05) is 84.3 Å². The lowest BCUT2D eigenvalue weighted by Gasteiger charge is -2.54. The summed E-state index contributed by atoms with van der Waals surface area (Å²) in [5, 5.41) is 43.8. The molecule has 0 bridgehead atoms. The Bertz CT molecular complexity index is 4440. The quantitative estimate of drug-likeness (QED) is 0.0910. The van der Waals surface area contributed by atoms with Gasteiger partial charge in [0.2, 0.25) is 11.8 Å². The van der Waals surface area contributed by atoms with Crippen molar-refractivity contribution in [3.8, 4) is 0 Å². The highest BCUT2D eigenvalue weighted by Crippen LogP contribution is 2.45. The Balaban J connectivity index is 0.000000110. The van der Waals surface area contributed by atoms with Crippen molar-refractivity contribution in [3.05, 3.63) is 146 Å². The van der Waals surface area contributed by atoms with Crippen LogP contribution in [0.2, 0.25) is 20.1 Å². The van der Waals surface area contributed by atoms with E-state index in [1.165, 1.54) is 33.5 Å². The number of benzene rings is 5. The molecule has 2 amide bonds. The van der Waals surface area contributed by atoms with Gasteiger partial charge in [0.15, 0.2) is 0 Å². The number of anilines is 5. The van der Waals surface area contributed by atoms with Crippen LogP contribution in [0.1, 0.15) is 68.2 Å². The van der Waals surface area contributed by atoms with Crippen molar-refractivity contribution in [2.45, 2.75) is 71.9 Å². The number of hydrogen-bond acceptors (Lipinski definition) is 12. The molecule has 5 aromatic carbocycles. The summed E-state index contributed by atoms with van der Waals surface area (Å²) < 4.78 is 26.7. The fraction of sp³-hybridized carbons (Fsp3) is 0.375. The maximum absolute atomic E-state index is 11.6. The summed E-state index contributed by atoms with van der Waals surface area (Å²) in [6, 6.07) is 21.7. The number of aromatic amines is 4. The molecule has 6 aliphatic heterocycles. The Morgan fingerprint density at radius 3 is 1.36 bits per heavy atom. The summed E-state index contributed by atoms with van der Waals surface area (Å²) in [6.45, 7) is 13.5. The first-order chi connectivity index (χ1) is 43.2. The molecule has 4 saturated heterocycles. The molecule has 4 fully saturated rings. The number of aryl methyl sites for hydroxylation is 1. The molecule has 0 unspecified atom stereocenters. The fourth-order valence-electron chi connectivity index (χ4n) is 14.2. The van der Waals surface area contributed by atoms with Crippen LogP contribution >= 0.6 is 46.4 Å². The van der Waals surface area contributed by atoms with Crippen molar-refractivity contribution in [1.82, 2.24) is 54.6 Å². The summed E-state index contributed by atoms with van der Waals surface area (Å²) >= 11 is 24.9. The Morgan fingerprint density at radius 2 is 0.922 bits per heavy atom. The zero-order valence-corrected chi connectivity index (χ0v) is 54.1. The number of H-pyrrole nitrogens is 4. The summed E-state index contributed by atoms with van der Waals surface area (Å²) in [6.07, 6.45) is 18.9. The van der Waals surface area contributed by atoms with Crippen LogP contribution in [0.5, 0.6) is 0 Å². The van der Waals surface area contributed by atoms with E-state index in [-0.39, 0.29) is 17.2 Å². The minimum Gasteiger partial charge on any atom is -0.371 e. The van der Waals surface area contributed by atoms with E-state index >= 15 is 0 Å². The second-order valence-electron chi connectivity index (χ2n) is 25.0. The molecular weight excluding hydrogens is 1240 g/mol. The van der Waals surface area contributed by atoms with Gasteiger partial charge in [0, 0.05) is 187 Å². The highest BCUT2D eigenvalue weighted by molar-refractivity contribution is 7.86. The summed E-state index contributed by atoms with van der Waals surface area (Å²) in [5.74, 6) is 0.150. The first kappa shape index (κ1) is 61.3. The largest absolute Gasteiger partial charge is 0.371 e. The van der Waals surface area contributed by atoms with E-state index in [2.05, 4.69) is 102 Å². The SMILES string of the molecule is CC(=O)N1CC2(CCN(c3cc(Cl)cc4[nH]ncc34)CC2)C1.CC(=O)Nc1ccc2c(c1)CCN(c1cc(Cl)cc3[nH]ncc13)C2.Cn1cc2c(c1)CN(c1cc(Cl)cc3[nH]ncc13)CC2.NS(=O)(=O)N1CCC2(CCN(c3cc(Cl)cc4[nH]ncc34)CC2)C1.